The Hall–Kier alpha value is -4.15. The minimum Gasteiger partial charge on any atom is -0.497 e. The molecule has 0 saturated heterocycles. The Morgan fingerprint density at radius 1 is 0.737 bits per heavy atom. The van der Waals surface area contributed by atoms with Gasteiger partial charge in [-0.15, -0.1) is 0 Å². The SMILES string of the molecule is COc1ccc2c(c1)oc1cc3ccc(-n4c5ccc(C(C)C)cc5c5c(OC)ccc(Cl)c54)cc3cc12. The molecule has 38 heavy (non-hydrogen) atoms. The zero-order valence-electron chi connectivity index (χ0n) is 21.6. The number of ether oxygens (including phenoxy) is 2. The van der Waals surface area contributed by atoms with Crippen molar-refractivity contribution in [3.05, 3.63) is 89.4 Å². The monoisotopic (exact) mass is 519 g/mol. The Morgan fingerprint density at radius 2 is 1.58 bits per heavy atom. The summed E-state index contributed by atoms with van der Waals surface area (Å²) in [6, 6.07) is 27.3. The summed E-state index contributed by atoms with van der Waals surface area (Å²) in [5, 5.41) is 7.24. The average Bonchev–Trinajstić information content (AvgIpc) is 3.46. The van der Waals surface area contributed by atoms with E-state index in [4.69, 9.17) is 25.5 Å². The van der Waals surface area contributed by atoms with E-state index in [1.165, 1.54) is 5.56 Å². The Kier molecular flexibility index (Phi) is 5.11. The molecular formula is C33H26ClNO3. The fraction of sp³-hybridized carbons (Fsp3) is 0.152. The number of fused-ring (bicyclic) bond motifs is 7. The molecule has 0 aliphatic rings. The van der Waals surface area contributed by atoms with Gasteiger partial charge in [-0.2, -0.15) is 0 Å². The van der Waals surface area contributed by atoms with Crippen LogP contribution in [0.1, 0.15) is 25.3 Å². The van der Waals surface area contributed by atoms with Gasteiger partial charge in [0.05, 0.1) is 35.7 Å². The highest BCUT2D eigenvalue weighted by atomic mass is 35.5. The topological polar surface area (TPSA) is 36.5 Å². The first-order chi connectivity index (χ1) is 18.5. The fourth-order valence-electron chi connectivity index (χ4n) is 5.65. The lowest BCUT2D eigenvalue weighted by molar-refractivity contribution is 0.414. The highest BCUT2D eigenvalue weighted by Crippen LogP contribution is 2.43. The van der Waals surface area contributed by atoms with Gasteiger partial charge in [-0.05, 0) is 82.9 Å². The summed E-state index contributed by atoms with van der Waals surface area (Å²) < 4.78 is 19.6. The number of aromatic nitrogens is 1. The van der Waals surface area contributed by atoms with Crippen LogP contribution in [-0.4, -0.2) is 18.8 Å². The van der Waals surface area contributed by atoms with E-state index in [-0.39, 0.29) is 0 Å². The van der Waals surface area contributed by atoms with Gasteiger partial charge in [0.15, 0.2) is 0 Å². The molecule has 0 unspecified atom stereocenters. The van der Waals surface area contributed by atoms with E-state index in [1.54, 1.807) is 14.2 Å². The molecule has 2 heterocycles. The molecule has 0 atom stereocenters. The van der Waals surface area contributed by atoms with E-state index in [1.807, 2.05) is 24.3 Å². The quantitative estimate of drug-likeness (QED) is 0.232. The largest absolute Gasteiger partial charge is 0.497 e. The Labute approximate surface area is 224 Å². The normalized spacial score (nSPS) is 12.1. The summed E-state index contributed by atoms with van der Waals surface area (Å²) in [4.78, 5) is 0. The maximum atomic E-state index is 6.89. The van der Waals surface area contributed by atoms with Gasteiger partial charge in [0.25, 0.3) is 0 Å². The minimum atomic E-state index is 0.413. The lowest BCUT2D eigenvalue weighted by Crippen LogP contribution is -1.95. The first kappa shape index (κ1) is 23.0. The fourth-order valence-corrected chi connectivity index (χ4v) is 5.89. The van der Waals surface area contributed by atoms with Crippen LogP contribution in [0.5, 0.6) is 11.5 Å². The Morgan fingerprint density at radius 3 is 2.37 bits per heavy atom. The number of hydrogen-bond donors (Lipinski definition) is 0. The molecule has 0 radical (unpaired) electrons. The molecule has 0 N–H and O–H groups in total. The lowest BCUT2D eigenvalue weighted by Gasteiger charge is -2.11. The number of furan rings is 1. The van der Waals surface area contributed by atoms with Gasteiger partial charge in [-0.1, -0.05) is 37.6 Å². The lowest BCUT2D eigenvalue weighted by atomic mass is 10.0. The van der Waals surface area contributed by atoms with E-state index in [9.17, 15) is 0 Å². The van der Waals surface area contributed by atoms with Crippen LogP contribution in [0.4, 0.5) is 0 Å². The molecule has 4 nitrogen and oxygen atoms in total. The second-order valence-electron chi connectivity index (χ2n) is 10.1. The van der Waals surface area contributed by atoms with Crippen LogP contribution < -0.4 is 9.47 Å². The highest BCUT2D eigenvalue weighted by Gasteiger charge is 2.20. The first-order valence-electron chi connectivity index (χ1n) is 12.7. The second kappa shape index (κ2) is 8.44. The van der Waals surface area contributed by atoms with Gasteiger partial charge < -0.3 is 18.5 Å². The van der Waals surface area contributed by atoms with Crippen LogP contribution in [0.2, 0.25) is 5.02 Å². The number of benzene rings is 5. The third-order valence-electron chi connectivity index (χ3n) is 7.61. The number of methoxy groups -OCH3 is 2. The van der Waals surface area contributed by atoms with Crippen molar-refractivity contribution in [3.8, 4) is 17.2 Å². The van der Waals surface area contributed by atoms with Crippen LogP contribution >= 0.6 is 11.6 Å². The van der Waals surface area contributed by atoms with Crippen molar-refractivity contribution in [1.29, 1.82) is 0 Å². The summed E-state index contributed by atoms with van der Waals surface area (Å²) in [5.41, 5.74) is 6.04. The van der Waals surface area contributed by atoms with Crippen molar-refractivity contribution < 1.29 is 13.9 Å². The van der Waals surface area contributed by atoms with Crippen molar-refractivity contribution in [2.45, 2.75) is 19.8 Å². The molecular weight excluding hydrogens is 494 g/mol. The van der Waals surface area contributed by atoms with E-state index in [0.29, 0.717) is 10.9 Å². The van der Waals surface area contributed by atoms with Crippen molar-refractivity contribution in [1.82, 2.24) is 4.57 Å². The summed E-state index contributed by atoms with van der Waals surface area (Å²) in [5.74, 6) is 2.01. The summed E-state index contributed by atoms with van der Waals surface area (Å²) in [7, 11) is 3.38. The zero-order valence-corrected chi connectivity index (χ0v) is 22.4. The van der Waals surface area contributed by atoms with Gasteiger partial charge in [-0.25, -0.2) is 0 Å². The van der Waals surface area contributed by atoms with Gasteiger partial charge >= 0.3 is 0 Å². The predicted octanol–water partition coefficient (Wildman–Crippen LogP) is 9.63. The molecule has 2 aromatic heterocycles. The van der Waals surface area contributed by atoms with Crippen LogP contribution in [0, 0.1) is 0 Å². The summed E-state index contributed by atoms with van der Waals surface area (Å²) in [6.45, 7) is 4.43. The number of rotatable bonds is 4. The van der Waals surface area contributed by atoms with Crippen molar-refractivity contribution in [3.63, 3.8) is 0 Å². The standard InChI is InChI=1S/C33H26ClNO3/c1-18(2)19-6-11-28-26(14-19)32-29(37-4)12-10-27(34)33(32)35(28)22-7-5-20-16-30-25(15-21(20)13-22)24-9-8-23(36-3)17-31(24)38-30/h5-18H,1-4H3. The maximum absolute atomic E-state index is 6.89. The van der Waals surface area contributed by atoms with Crippen LogP contribution in [0.15, 0.2) is 83.3 Å². The van der Waals surface area contributed by atoms with Crippen molar-refractivity contribution in [2.24, 2.45) is 0 Å². The third-order valence-corrected chi connectivity index (χ3v) is 7.92. The van der Waals surface area contributed by atoms with Crippen LogP contribution in [0.25, 0.3) is 60.2 Å². The molecule has 0 saturated carbocycles. The second-order valence-corrected chi connectivity index (χ2v) is 10.5. The predicted molar refractivity (Wildman–Crippen MR) is 158 cm³/mol. The molecule has 0 amide bonds. The average molecular weight is 520 g/mol. The van der Waals surface area contributed by atoms with Crippen LogP contribution in [0.3, 0.4) is 0 Å². The molecule has 0 spiro atoms. The van der Waals surface area contributed by atoms with Gasteiger partial charge in [0.2, 0.25) is 0 Å². The van der Waals surface area contributed by atoms with E-state index in [0.717, 1.165) is 71.7 Å². The molecule has 7 aromatic rings. The molecule has 5 aromatic carbocycles. The van der Waals surface area contributed by atoms with Gasteiger partial charge in [0.1, 0.15) is 22.7 Å². The van der Waals surface area contributed by atoms with Gasteiger partial charge in [-0.3, -0.25) is 0 Å². The number of halogens is 1. The molecule has 0 aliphatic heterocycles. The minimum absolute atomic E-state index is 0.413. The molecule has 0 aliphatic carbocycles. The van der Waals surface area contributed by atoms with Crippen molar-refractivity contribution in [2.75, 3.05) is 14.2 Å². The highest BCUT2D eigenvalue weighted by molar-refractivity contribution is 6.37. The first-order valence-corrected chi connectivity index (χ1v) is 13.1. The summed E-state index contributed by atoms with van der Waals surface area (Å²) >= 11 is 6.89. The molecule has 7 rings (SSSR count). The summed E-state index contributed by atoms with van der Waals surface area (Å²) in [6.07, 6.45) is 0. The smallest absolute Gasteiger partial charge is 0.139 e. The molecule has 188 valence electrons. The maximum Gasteiger partial charge on any atom is 0.139 e. The van der Waals surface area contributed by atoms with E-state index >= 15 is 0 Å². The number of hydrogen-bond acceptors (Lipinski definition) is 3. The number of nitrogens with zero attached hydrogens (tertiary/aromatic N) is 1. The zero-order chi connectivity index (χ0) is 26.1. The van der Waals surface area contributed by atoms with Gasteiger partial charge in [0, 0.05) is 27.9 Å². The molecule has 5 heteroatoms. The third kappa shape index (κ3) is 3.30. The molecule has 0 fully saturated rings. The van der Waals surface area contributed by atoms with Crippen LogP contribution in [-0.2, 0) is 0 Å². The van der Waals surface area contributed by atoms with E-state index < -0.39 is 0 Å². The molecule has 0 bridgehead atoms. The van der Waals surface area contributed by atoms with Crippen molar-refractivity contribution >= 4 is 66.1 Å². The Bertz CT molecular complexity index is 2050. The Balaban J connectivity index is 1.53. The van der Waals surface area contributed by atoms with E-state index in [2.05, 4.69) is 73.0 Å².